The highest BCUT2D eigenvalue weighted by Gasteiger charge is 2.40. The largest absolute Gasteiger partial charge is 0.417 e. The number of alkyl halides is 3. The maximum atomic E-state index is 13.1. The van der Waals surface area contributed by atoms with Crippen molar-refractivity contribution in [3.8, 4) is 11.5 Å². The fourth-order valence-corrected chi connectivity index (χ4v) is 4.06. The smallest absolute Gasteiger partial charge is 0.368 e. The van der Waals surface area contributed by atoms with Gasteiger partial charge in [0.25, 0.3) is 0 Å². The Bertz CT molecular complexity index is 1140. The number of primary amides is 1. The third kappa shape index (κ3) is 3.69. The van der Waals surface area contributed by atoms with E-state index in [9.17, 15) is 18.0 Å². The minimum Gasteiger partial charge on any atom is -0.368 e. The standard InChI is InChI=1S/C20H20F3N7O/c21-20(22,23)12-1-4-16-26-9-14(30(16)10-12)19-25-6-5-17(27-19)28-7-8-29(13-2-3-13)15(11-28)18(24)31/h1,4-6,9-10,13,15H,2-3,7-8,11H2,(H2,24,31)/t15-/m1/s1. The van der Waals surface area contributed by atoms with Crippen molar-refractivity contribution in [3.05, 3.63) is 42.4 Å². The first kappa shape index (κ1) is 19.7. The minimum absolute atomic E-state index is 0.254. The summed E-state index contributed by atoms with van der Waals surface area (Å²) in [4.78, 5) is 29.1. The number of nitrogens with zero attached hydrogens (tertiary/aromatic N) is 6. The molecule has 31 heavy (non-hydrogen) atoms. The van der Waals surface area contributed by atoms with Gasteiger partial charge >= 0.3 is 6.18 Å². The number of hydrogen-bond donors (Lipinski definition) is 1. The summed E-state index contributed by atoms with van der Waals surface area (Å²) in [7, 11) is 0. The van der Waals surface area contributed by atoms with Crippen molar-refractivity contribution in [2.45, 2.75) is 31.1 Å². The van der Waals surface area contributed by atoms with Crippen LogP contribution in [0.25, 0.3) is 17.2 Å². The Morgan fingerprint density at radius 1 is 1.13 bits per heavy atom. The Hall–Kier alpha value is -3.21. The van der Waals surface area contributed by atoms with E-state index in [1.54, 1.807) is 12.3 Å². The Balaban J connectivity index is 1.46. The molecule has 1 saturated heterocycles. The molecule has 3 aromatic rings. The Morgan fingerprint density at radius 3 is 2.65 bits per heavy atom. The number of pyridine rings is 1. The van der Waals surface area contributed by atoms with Gasteiger partial charge in [-0.25, -0.2) is 15.0 Å². The molecule has 1 aliphatic heterocycles. The maximum absolute atomic E-state index is 13.1. The summed E-state index contributed by atoms with van der Waals surface area (Å²) >= 11 is 0. The summed E-state index contributed by atoms with van der Waals surface area (Å²) in [5.41, 5.74) is 5.57. The van der Waals surface area contributed by atoms with E-state index in [1.165, 1.54) is 16.7 Å². The van der Waals surface area contributed by atoms with E-state index in [4.69, 9.17) is 5.73 Å². The first-order valence-electron chi connectivity index (χ1n) is 9.99. The number of halogens is 3. The van der Waals surface area contributed by atoms with Crippen LogP contribution < -0.4 is 10.6 Å². The molecule has 11 heteroatoms. The molecule has 2 N–H and O–H groups in total. The van der Waals surface area contributed by atoms with Crippen molar-refractivity contribution in [2.24, 2.45) is 5.73 Å². The molecule has 2 aliphatic rings. The molecule has 3 aromatic heterocycles. The molecule has 1 atom stereocenters. The van der Waals surface area contributed by atoms with Crippen LogP contribution in [0.4, 0.5) is 19.0 Å². The lowest BCUT2D eigenvalue weighted by molar-refractivity contribution is -0.137. The molecule has 0 aromatic carbocycles. The number of piperazine rings is 1. The molecule has 0 radical (unpaired) electrons. The number of carbonyl (C=O) groups is 1. The second kappa shape index (κ2) is 7.19. The van der Waals surface area contributed by atoms with E-state index in [-0.39, 0.29) is 11.7 Å². The fraction of sp³-hybridized carbons (Fsp3) is 0.400. The normalized spacial score (nSPS) is 20.4. The van der Waals surface area contributed by atoms with Gasteiger partial charge in [-0.2, -0.15) is 13.2 Å². The van der Waals surface area contributed by atoms with Gasteiger partial charge in [0.2, 0.25) is 5.91 Å². The quantitative estimate of drug-likeness (QED) is 0.679. The summed E-state index contributed by atoms with van der Waals surface area (Å²) in [6.07, 6.45) is 1.68. The Kier molecular flexibility index (Phi) is 4.58. The van der Waals surface area contributed by atoms with Crippen molar-refractivity contribution < 1.29 is 18.0 Å². The zero-order chi connectivity index (χ0) is 21.8. The molecule has 0 bridgehead atoms. The molecule has 0 spiro atoms. The summed E-state index contributed by atoms with van der Waals surface area (Å²) in [5.74, 6) is 0.477. The minimum atomic E-state index is -4.47. The van der Waals surface area contributed by atoms with Gasteiger partial charge in [-0.1, -0.05) is 0 Å². The van der Waals surface area contributed by atoms with Crippen LogP contribution in [-0.2, 0) is 11.0 Å². The monoisotopic (exact) mass is 431 g/mol. The van der Waals surface area contributed by atoms with E-state index >= 15 is 0 Å². The average Bonchev–Trinajstić information content (AvgIpc) is 3.51. The second-order valence-electron chi connectivity index (χ2n) is 7.86. The van der Waals surface area contributed by atoms with E-state index < -0.39 is 17.8 Å². The van der Waals surface area contributed by atoms with Crippen LogP contribution in [0.3, 0.4) is 0 Å². The first-order valence-corrected chi connectivity index (χ1v) is 9.99. The number of imidazole rings is 1. The van der Waals surface area contributed by atoms with Gasteiger partial charge in [0, 0.05) is 38.1 Å². The number of aromatic nitrogens is 4. The van der Waals surface area contributed by atoms with Crippen LogP contribution in [0.5, 0.6) is 0 Å². The van der Waals surface area contributed by atoms with Gasteiger partial charge < -0.3 is 10.6 Å². The van der Waals surface area contributed by atoms with Crippen LogP contribution >= 0.6 is 0 Å². The number of fused-ring (bicyclic) bond motifs is 1. The summed E-state index contributed by atoms with van der Waals surface area (Å²) in [5, 5.41) is 0. The van der Waals surface area contributed by atoms with Crippen LogP contribution in [0.2, 0.25) is 0 Å². The van der Waals surface area contributed by atoms with Crippen molar-refractivity contribution >= 4 is 17.4 Å². The van der Waals surface area contributed by atoms with Crippen molar-refractivity contribution in [2.75, 3.05) is 24.5 Å². The van der Waals surface area contributed by atoms with E-state index in [0.717, 1.165) is 25.1 Å². The average molecular weight is 431 g/mol. The molecule has 8 nitrogen and oxygen atoms in total. The lowest BCUT2D eigenvalue weighted by Crippen LogP contribution is -2.59. The van der Waals surface area contributed by atoms with Crippen LogP contribution in [0.15, 0.2) is 36.8 Å². The molecule has 0 unspecified atom stereocenters. The van der Waals surface area contributed by atoms with Gasteiger partial charge in [0.15, 0.2) is 5.82 Å². The third-order valence-electron chi connectivity index (χ3n) is 5.79. The lowest BCUT2D eigenvalue weighted by atomic mass is 10.1. The molecular formula is C20H20F3N7O. The van der Waals surface area contributed by atoms with Crippen LogP contribution in [0.1, 0.15) is 18.4 Å². The molecule has 1 aliphatic carbocycles. The third-order valence-corrected chi connectivity index (χ3v) is 5.79. The van der Waals surface area contributed by atoms with Gasteiger partial charge in [0.1, 0.15) is 23.2 Å². The molecule has 1 saturated carbocycles. The predicted molar refractivity (Wildman–Crippen MR) is 106 cm³/mol. The number of hydrogen-bond acceptors (Lipinski definition) is 6. The molecule has 4 heterocycles. The highest BCUT2D eigenvalue weighted by atomic mass is 19.4. The van der Waals surface area contributed by atoms with Crippen LogP contribution in [-0.4, -0.2) is 61.9 Å². The van der Waals surface area contributed by atoms with E-state index in [0.29, 0.717) is 42.8 Å². The molecular weight excluding hydrogens is 411 g/mol. The number of amides is 1. The molecule has 2 fully saturated rings. The Morgan fingerprint density at radius 2 is 1.94 bits per heavy atom. The number of rotatable bonds is 4. The van der Waals surface area contributed by atoms with Gasteiger partial charge in [-0.15, -0.1) is 0 Å². The number of carbonyl (C=O) groups excluding carboxylic acids is 1. The summed E-state index contributed by atoms with van der Waals surface area (Å²) < 4.78 is 40.8. The number of anilines is 1. The highest BCUT2D eigenvalue weighted by Crippen LogP contribution is 2.32. The van der Waals surface area contributed by atoms with Crippen LogP contribution in [0, 0.1) is 0 Å². The second-order valence-corrected chi connectivity index (χ2v) is 7.86. The zero-order valence-corrected chi connectivity index (χ0v) is 16.5. The molecule has 1 amide bonds. The lowest BCUT2D eigenvalue weighted by Gasteiger charge is -2.40. The summed E-state index contributed by atoms with van der Waals surface area (Å²) in [6.45, 7) is 1.78. The highest BCUT2D eigenvalue weighted by molar-refractivity contribution is 5.81. The summed E-state index contributed by atoms with van der Waals surface area (Å²) in [6, 6.07) is 4.04. The van der Waals surface area contributed by atoms with Crippen molar-refractivity contribution in [3.63, 3.8) is 0 Å². The Labute approximate surface area is 175 Å². The zero-order valence-electron chi connectivity index (χ0n) is 16.5. The predicted octanol–water partition coefficient (Wildman–Crippen LogP) is 1.95. The van der Waals surface area contributed by atoms with Crippen molar-refractivity contribution in [1.29, 1.82) is 0 Å². The van der Waals surface area contributed by atoms with Gasteiger partial charge in [-0.05, 0) is 31.0 Å². The number of nitrogens with two attached hydrogens (primary N) is 1. The molecule has 162 valence electrons. The fourth-order valence-electron chi connectivity index (χ4n) is 4.06. The van der Waals surface area contributed by atoms with Gasteiger partial charge in [0.05, 0.1) is 11.8 Å². The first-order chi connectivity index (χ1) is 14.8. The van der Waals surface area contributed by atoms with E-state index in [2.05, 4.69) is 19.9 Å². The topological polar surface area (TPSA) is 92.7 Å². The molecule has 5 rings (SSSR count). The van der Waals surface area contributed by atoms with Crippen molar-refractivity contribution in [1.82, 2.24) is 24.3 Å². The van der Waals surface area contributed by atoms with E-state index in [1.807, 2.05) is 4.90 Å². The maximum Gasteiger partial charge on any atom is 0.417 e. The SMILES string of the molecule is NC(=O)[C@H]1CN(c2ccnc(-c3cnc4ccc(C(F)(F)F)cn34)n2)CCN1C1CC1. The van der Waals surface area contributed by atoms with Gasteiger partial charge in [-0.3, -0.25) is 14.1 Å².